The molecule has 3 heterocycles. The number of nitrogens with zero attached hydrogens (tertiary/aromatic N) is 4. The molecule has 0 aliphatic carbocycles. The fourth-order valence-electron chi connectivity index (χ4n) is 3.06. The van der Waals surface area contributed by atoms with Gasteiger partial charge in [-0.2, -0.15) is 0 Å². The molecule has 0 aromatic carbocycles. The van der Waals surface area contributed by atoms with Gasteiger partial charge in [0.1, 0.15) is 18.0 Å². The second-order valence-electron chi connectivity index (χ2n) is 7.09. The van der Waals surface area contributed by atoms with E-state index in [1.165, 1.54) is 17.8 Å². The average Bonchev–Trinajstić information content (AvgIpc) is 3.05. The van der Waals surface area contributed by atoms with Crippen molar-refractivity contribution in [2.45, 2.75) is 52.5 Å². The summed E-state index contributed by atoms with van der Waals surface area (Å²) >= 11 is 1.73. The van der Waals surface area contributed by atoms with Gasteiger partial charge in [0.15, 0.2) is 0 Å². The Hall–Kier alpha value is -1.69. The minimum absolute atomic E-state index is 0.136. The molecule has 0 amide bonds. The van der Waals surface area contributed by atoms with E-state index >= 15 is 0 Å². The highest BCUT2D eigenvalue weighted by molar-refractivity contribution is 7.09. The summed E-state index contributed by atoms with van der Waals surface area (Å²) in [7, 11) is 0. The van der Waals surface area contributed by atoms with Crippen LogP contribution in [0.25, 0.3) is 0 Å². The van der Waals surface area contributed by atoms with Crippen LogP contribution in [0.4, 0.5) is 11.6 Å². The Morgan fingerprint density at radius 1 is 1.29 bits per heavy atom. The van der Waals surface area contributed by atoms with E-state index in [-0.39, 0.29) is 6.04 Å². The Kier molecular flexibility index (Phi) is 5.33. The quantitative estimate of drug-likeness (QED) is 0.866. The second kappa shape index (κ2) is 7.47. The number of hydrogen-bond acceptors (Lipinski definition) is 6. The molecule has 1 aliphatic rings. The molecule has 0 bridgehead atoms. The molecule has 1 saturated heterocycles. The Balaban J connectivity index is 1.69. The third-order valence-corrected chi connectivity index (χ3v) is 5.64. The van der Waals surface area contributed by atoms with E-state index in [9.17, 15) is 0 Å². The standard InChI is InChI=1S/C18H27N5S/c1-12(2)18-22-15(10-24-18)14(4)21-16-8-17(20-11-19-16)23-7-5-6-13(3)9-23/h8,10-14H,5-7,9H2,1-4H3,(H,19,20,21). The van der Waals surface area contributed by atoms with E-state index in [1.807, 2.05) is 0 Å². The molecule has 24 heavy (non-hydrogen) atoms. The van der Waals surface area contributed by atoms with Crippen LogP contribution >= 0.6 is 11.3 Å². The van der Waals surface area contributed by atoms with Crippen molar-refractivity contribution >= 4 is 23.0 Å². The lowest BCUT2D eigenvalue weighted by Crippen LogP contribution is -2.34. The van der Waals surface area contributed by atoms with E-state index in [2.05, 4.69) is 59.3 Å². The zero-order chi connectivity index (χ0) is 17.1. The number of nitrogens with one attached hydrogen (secondary N) is 1. The Bertz CT molecular complexity index is 669. The zero-order valence-electron chi connectivity index (χ0n) is 15.0. The number of hydrogen-bond donors (Lipinski definition) is 1. The van der Waals surface area contributed by atoms with Crippen LogP contribution in [0.5, 0.6) is 0 Å². The first-order valence-electron chi connectivity index (χ1n) is 8.81. The summed E-state index contributed by atoms with van der Waals surface area (Å²) in [4.78, 5) is 16.0. The number of thiazole rings is 1. The summed E-state index contributed by atoms with van der Waals surface area (Å²) in [5, 5.41) is 6.79. The third kappa shape index (κ3) is 4.04. The maximum absolute atomic E-state index is 4.73. The van der Waals surface area contributed by atoms with Crippen LogP contribution in [0.15, 0.2) is 17.8 Å². The van der Waals surface area contributed by atoms with Crippen molar-refractivity contribution in [2.24, 2.45) is 5.92 Å². The van der Waals surface area contributed by atoms with Gasteiger partial charge < -0.3 is 10.2 Å². The number of anilines is 2. The molecule has 3 rings (SSSR count). The van der Waals surface area contributed by atoms with E-state index in [0.29, 0.717) is 5.92 Å². The van der Waals surface area contributed by atoms with Crippen LogP contribution < -0.4 is 10.2 Å². The van der Waals surface area contributed by atoms with Crippen molar-refractivity contribution in [3.8, 4) is 0 Å². The van der Waals surface area contributed by atoms with Gasteiger partial charge in [0.05, 0.1) is 16.7 Å². The van der Waals surface area contributed by atoms with E-state index < -0.39 is 0 Å². The lowest BCUT2D eigenvalue weighted by molar-refractivity contribution is 0.444. The van der Waals surface area contributed by atoms with E-state index in [4.69, 9.17) is 4.98 Å². The zero-order valence-corrected chi connectivity index (χ0v) is 15.8. The number of aromatic nitrogens is 3. The van der Waals surface area contributed by atoms with Gasteiger partial charge in [-0.25, -0.2) is 15.0 Å². The minimum Gasteiger partial charge on any atom is -0.362 e. The highest BCUT2D eigenvalue weighted by Crippen LogP contribution is 2.26. The highest BCUT2D eigenvalue weighted by atomic mass is 32.1. The molecular weight excluding hydrogens is 318 g/mol. The van der Waals surface area contributed by atoms with Gasteiger partial charge in [-0.15, -0.1) is 11.3 Å². The van der Waals surface area contributed by atoms with Gasteiger partial charge in [0.2, 0.25) is 0 Å². The molecule has 1 aliphatic heterocycles. The van der Waals surface area contributed by atoms with Crippen LogP contribution in [-0.4, -0.2) is 28.0 Å². The predicted octanol–water partition coefficient (Wildman–Crippen LogP) is 4.47. The Labute approximate surface area is 148 Å². The van der Waals surface area contributed by atoms with Crippen LogP contribution in [0, 0.1) is 5.92 Å². The first-order valence-corrected chi connectivity index (χ1v) is 9.69. The van der Waals surface area contributed by atoms with Crippen LogP contribution in [0.1, 0.15) is 63.2 Å². The van der Waals surface area contributed by atoms with Crippen molar-refractivity contribution in [1.29, 1.82) is 0 Å². The number of piperidine rings is 1. The van der Waals surface area contributed by atoms with Crippen molar-refractivity contribution in [3.63, 3.8) is 0 Å². The van der Waals surface area contributed by atoms with Crippen molar-refractivity contribution in [2.75, 3.05) is 23.3 Å². The van der Waals surface area contributed by atoms with Gasteiger partial charge in [-0.3, -0.25) is 0 Å². The summed E-state index contributed by atoms with van der Waals surface area (Å²) in [5.41, 5.74) is 1.08. The monoisotopic (exact) mass is 345 g/mol. The lowest BCUT2D eigenvalue weighted by Gasteiger charge is -2.31. The maximum Gasteiger partial charge on any atom is 0.134 e. The smallest absolute Gasteiger partial charge is 0.134 e. The summed E-state index contributed by atoms with van der Waals surface area (Å²) < 4.78 is 0. The fraction of sp³-hybridized carbons (Fsp3) is 0.611. The highest BCUT2D eigenvalue weighted by Gasteiger charge is 2.18. The third-order valence-electron chi connectivity index (χ3n) is 4.48. The Morgan fingerprint density at radius 2 is 2.12 bits per heavy atom. The average molecular weight is 346 g/mol. The van der Waals surface area contributed by atoms with Gasteiger partial charge in [-0.05, 0) is 25.7 Å². The summed E-state index contributed by atoms with van der Waals surface area (Å²) in [5.74, 6) is 3.09. The molecule has 5 nitrogen and oxygen atoms in total. The first-order chi connectivity index (χ1) is 11.5. The molecule has 130 valence electrons. The summed E-state index contributed by atoms with van der Waals surface area (Å²) in [6, 6.07) is 2.20. The molecule has 1 N–H and O–H groups in total. The molecular formula is C18H27N5S. The fourth-order valence-corrected chi connectivity index (χ4v) is 3.99. The summed E-state index contributed by atoms with van der Waals surface area (Å²) in [6.07, 6.45) is 4.21. The molecule has 2 aromatic rings. The topological polar surface area (TPSA) is 53.9 Å². The molecule has 0 radical (unpaired) electrons. The van der Waals surface area contributed by atoms with Crippen LogP contribution in [0.2, 0.25) is 0 Å². The first kappa shape index (κ1) is 17.1. The van der Waals surface area contributed by atoms with Gasteiger partial charge in [-0.1, -0.05) is 20.8 Å². The molecule has 0 saturated carbocycles. The lowest BCUT2D eigenvalue weighted by atomic mass is 10.0. The van der Waals surface area contributed by atoms with Crippen LogP contribution in [0.3, 0.4) is 0 Å². The second-order valence-corrected chi connectivity index (χ2v) is 7.98. The normalized spacial score (nSPS) is 19.5. The van der Waals surface area contributed by atoms with E-state index in [1.54, 1.807) is 17.7 Å². The van der Waals surface area contributed by atoms with Crippen molar-refractivity contribution < 1.29 is 0 Å². The van der Waals surface area contributed by atoms with Gasteiger partial charge in [0, 0.05) is 30.5 Å². The van der Waals surface area contributed by atoms with E-state index in [0.717, 1.165) is 36.3 Å². The molecule has 2 aromatic heterocycles. The molecule has 0 spiro atoms. The molecule has 2 atom stereocenters. The van der Waals surface area contributed by atoms with Crippen molar-refractivity contribution in [1.82, 2.24) is 15.0 Å². The van der Waals surface area contributed by atoms with Crippen LogP contribution in [-0.2, 0) is 0 Å². The maximum atomic E-state index is 4.73. The van der Waals surface area contributed by atoms with Gasteiger partial charge >= 0.3 is 0 Å². The SMILES string of the molecule is CC1CCCN(c2cc(NC(C)c3csc(C(C)C)n3)ncn2)C1. The summed E-state index contributed by atoms with van der Waals surface area (Å²) in [6.45, 7) is 11.0. The molecule has 1 fully saturated rings. The molecule has 6 heteroatoms. The Morgan fingerprint density at radius 3 is 2.83 bits per heavy atom. The largest absolute Gasteiger partial charge is 0.362 e. The number of rotatable bonds is 5. The predicted molar refractivity (Wildman–Crippen MR) is 101 cm³/mol. The molecule has 2 unspecified atom stereocenters. The minimum atomic E-state index is 0.136. The van der Waals surface area contributed by atoms with Crippen molar-refractivity contribution in [3.05, 3.63) is 28.5 Å². The van der Waals surface area contributed by atoms with Gasteiger partial charge in [0.25, 0.3) is 0 Å².